The molecule has 0 saturated heterocycles. The number of fused-ring (bicyclic) bond motifs is 1. The van der Waals surface area contributed by atoms with Gasteiger partial charge in [0.2, 0.25) is 0 Å². The molecule has 0 atom stereocenters. The number of anilines is 2. The molecule has 26 heavy (non-hydrogen) atoms. The molecule has 1 aromatic heterocycles. The molecule has 1 heterocycles. The van der Waals surface area contributed by atoms with Gasteiger partial charge in [-0.15, -0.1) is 0 Å². The number of aryl methyl sites for hydroxylation is 1. The van der Waals surface area contributed by atoms with Crippen molar-refractivity contribution in [1.29, 1.82) is 0 Å². The van der Waals surface area contributed by atoms with Gasteiger partial charge in [0, 0.05) is 23.9 Å². The highest BCUT2D eigenvalue weighted by atomic mass is 19.4. The van der Waals surface area contributed by atoms with Crippen LogP contribution >= 0.6 is 0 Å². The van der Waals surface area contributed by atoms with E-state index >= 15 is 0 Å². The number of hydrogen-bond donors (Lipinski definition) is 2. The Labute approximate surface area is 147 Å². The van der Waals surface area contributed by atoms with E-state index in [1.807, 2.05) is 6.92 Å². The van der Waals surface area contributed by atoms with Crippen LogP contribution in [0.15, 0.2) is 46.9 Å². The first-order valence-corrected chi connectivity index (χ1v) is 8.00. The van der Waals surface area contributed by atoms with Gasteiger partial charge in [-0.3, -0.25) is 0 Å². The second-order valence-corrected chi connectivity index (χ2v) is 5.70. The highest BCUT2D eigenvalue weighted by Gasteiger charge is 2.30. The van der Waals surface area contributed by atoms with Crippen molar-refractivity contribution in [3.8, 4) is 0 Å². The van der Waals surface area contributed by atoms with Crippen LogP contribution in [0.4, 0.5) is 29.3 Å². The summed E-state index contributed by atoms with van der Waals surface area (Å²) in [6, 6.07) is 8.74. The quantitative estimate of drug-likeness (QED) is 0.648. The zero-order valence-electron chi connectivity index (χ0n) is 13.9. The molecule has 8 heteroatoms. The van der Waals surface area contributed by atoms with Gasteiger partial charge in [-0.25, -0.2) is 9.78 Å². The number of halogens is 3. The zero-order chi connectivity index (χ0) is 18.7. The second kappa shape index (κ2) is 7.07. The molecular weight excluding hydrogens is 347 g/mol. The molecule has 0 aliphatic carbocycles. The minimum Gasteiger partial charge on any atom is -0.441 e. The summed E-state index contributed by atoms with van der Waals surface area (Å²) in [6.07, 6.45) is -2.85. The number of amides is 2. The van der Waals surface area contributed by atoms with Crippen molar-refractivity contribution in [3.63, 3.8) is 0 Å². The molecule has 2 N–H and O–H groups in total. The van der Waals surface area contributed by atoms with Gasteiger partial charge < -0.3 is 15.1 Å². The highest BCUT2D eigenvalue weighted by Crippen LogP contribution is 2.30. The van der Waals surface area contributed by atoms with E-state index in [1.54, 1.807) is 18.2 Å². The van der Waals surface area contributed by atoms with Gasteiger partial charge in [0.25, 0.3) is 0 Å². The number of oxazole rings is 1. The molecule has 3 rings (SSSR count). The van der Waals surface area contributed by atoms with Crippen LogP contribution in [0.3, 0.4) is 0 Å². The first kappa shape index (κ1) is 17.8. The molecule has 0 aliphatic rings. The number of aromatic nitrogens is 1. The summed E-state index contributed by atoms with van der Waals surface area (Å²) >= 11 is 0. The first-order valence-electron chi connectivity index (χ1n) is 8.00. The molecule has 0 radical (unpaired) electrons. The Hall–Kier alpha value is -3.03. The fourth-order valence-corrected chi connectivity index (χ4v) is 2.44. The number of hydrogen-bond acceptors (Lipinski definition) is 3. The molecular formula is C18H16F3N3O2. The molecule has 0 spiro atoms. The van der Waals surface area contributed by atoms with Gasteiger partial charge in [0.05, 0.1) is 5.56 Å². The third-order valence-electron chi connectivity index (χ3n) is 3.60. The van der Waals surface area contributed by atoms with Crippen LogP contribution in [-0.4, -0.2) is 11.0 Å². The van der Waals surface area contributed by atoms with Crippen LogP contribution in [0.5, 0.6) is 0 Å². The Morgan fingerprint density at radius 2 is 1.85 bits per heavy atom. The average molecular weight is 363 g/mol. The van der Waals surface area contributed by atoms with E-state index in [1.165, 1.54) is 12.1 Å². The third kappa shape index (κ3) is 4.14. The summed E-state index contributed by atoms with van der Waals surface area (Å²) in [5, 5.41) is 4.94. The van der Waals surface area contributed by atoms with Crippen molar-refractivity contribution in [3.05, 3.63) is 53.9 Å². The number of carbonyl (C=O) groups excluding carboxylic acids is 1. The lowest BCUT2D eigenvalue weighted by Crippen LogP contribution is -2.19. The molecule has 0 saturated carbocycles. The Bertz CT molecular complexity index is 935. The molecule has 0 bridgehead atoms. The topological polar surface area (TPSA) is 67.2 Å². The summed E-state index contributed by atoms with van der Waals surface area (Å²) in [5.74, 6) is 0.619. The van der Waals surface area contributed by atoms with Crippen molar-refractivity contribution >= 4 is 28.5 Å². The molecule has 0 unspecified atom stereocenters. The van der Waals surface area contributed by atoms with E-state index in [9.17, 15) is 18.0 Å². The molecule has 5 nitrogen and oxygen atoms in total. The Balaban J connectivity index is 1.71. The lowest BCUT2D eigenvalue weighted by atomic mass is 10.2. The maximum Gasteiger partial charge on any atom is 0.416 e. The van der Waals surface area contributed by atoms with Gasteiger partial charge in [-0.05, 0) is 36.8 Å². The van der Waals surface area contributed by atoms with Crippen LogP contribution in [-0.2, 0) is 12.6 Å². The first-order chi connectivity index (χ1) is 12.3. The number of alkyl halides is 3. The monoisotopic (exact) mass is 363 g/mol. The lowest BCUT2D eigenvalue weighted by molar-refractivity contribution is -0.137. The van der Waals surface area contributed by atoms with Gasteiger partial charge >= 0.3 is 12.2 Å². The van der Waals surface area contributed by atoms with Crippen LogP contribution in [0, 0.1) is 0 Å². The summed E-state index contributed by atoms with van der Waals surface area (Å²) < 4.78 is 43.7. The second-order valence-electron chi connectivity index (χ2n) is 5.70. The van der Waals surface area contributed by atoms with Crippen molar-refractivity contribution in [2.45, 2.75) is 25.9 Å². The van der Waals surface area contributed by atoms with Gasteiger partial charge in [0.15, 0.2) is 11.5 Å². The Morgan fingerprint density at radius 1 is 1.12 bits per heavy atom. The van der Waals surface area contributed by atoms with E-state index in [0.29, 0.717) is 29.1 Å². The lowest BCUT2D eigenvalue weighted by Gasteiger charge is -2.10. The van der Waals surface area contributed by atoms with E-state index in [0.717, 1.165) is 18.6 Å². The van der Waals surface area contributed by atoms with Crippen molar-refractivity contribution in [1.82, 2.24) is 4.98 Å². The van der Waals surface area contributed by atoms with E-state index in [-0.39, 0.29) is 5.69 Å². The highest BCUT2D eigenvalue weighted by molar-refractivity contribution is 6.00. The normalized spacial score (nSPS) is 11.5. The predicted molar refractivity (Wildman–Crippen MR) is 92.1 cm³/mol. The number of rotatable bonds is 4. The molecule has 136 valence electrons. The summed E-state index contributed by atoms with van der Waals surface area (Å²) in [6.45, 7) is 2.01. The largest absolute Gasteiger partial charge is 0.441 e. The van der Waals surface area contributed by atoms with Gasteiger partial charge in [-0.1, -0.05) is 13.0 Å². The molecule has 0 fully saturated rings. The zero-order valence-corrected chi connectivity index (χ0v) is 13.9. The van der Waals surface area contributed by atoms with Crippen LogP contribution in [0.25, 0.3) is 11.1 Å². The summed E-state index contributed by atoms with van der Waals surface area (Å²) in [5.41, 5.74) is 0.869. The number of nitrogens with zero attached hydrogens (tertiary/aromatic N) is 1. The van der Waals surface area contributed by atoms with Crippen molar-refractivity contribution in [2.75, 3.05) is 10.6 Å². The number of benzene rings is 2. The number of nitrogens with one attached hydrogen (secondary N) is 2. The Morgan fingerprint density at radius 3 is 2.54 bits per heavy atom. The molecule has 3 aromatic rings. The van der Waals surface area contributed by atoms with Crippen LogP contribution < -0.4 is 10.6 Å². The number of urea groups is 1. The fourth-order valence-electron chi connectivity index (χ4n) is 2.44. The van der Waals surface area contributed by atoms with E-state index in [4.69, 9.17) is 4.42 Å². The van der Waals surface area contributed by atoms with Gasteiger partial charge in [-0.2, -0.15) is 13.2 Å². The minimum atomic E-state index is -4.47. The maximum atomic E-state index is 12.7. The van der Waals surface area contributed by atoms with E-state index < -0.39 is 17.8 Å². The molecule has 0 aliphatic heterocycles. The SMILES string of the molecule is CCCc1nc2ccc(NC(=O)Nc3cccc(C(F)(F)F)c3)cc2o1. The number of carbonyl (C=O) groups is 1. The van der Waals surface area contributed by atoms with Gasteiger partial charge in [0.1, 0.15) is 5.52 Å². The Kier molecular flexibility index (Phi) is 4.83. The summed E-state index contributed by atoms with van der Waals surface area (Å²) in [7, 11) is 0. The third-order valence-corrected chi connectivity index (χ3v) is 3.60. The molecule has 2 amide bonds. The van der Waals surface area contributed by atoms with Crippen LogP contribution in [0.1, 0.15) is 24.8 Å². The average Bonchev–Trinajstić information content (AvgIpc) is 2.96. The van der Waals surface area contributed by atoms with Crippen molar-refractivity contribution < 1.29 is 22.4 Å². The molecule has 2 aromatic carbocycles. The van der Waals surface area contributed by atoms with Crippen molar-refractivity contribution in [2.24, 2.45) is 0 Å². The smallest absolute Gasteiger partial charge is 0.416 e. The summed E-state index contributed by atoms with van der Waals surface area (Å²) in [4.78, 5) is 16.4. The predicted octanol–water partition coefficient (Wildman–Crippen LogP) is 5.44. The minimum absolute atomic E-state index is 0.0447. The fraction of sp³-hybridized carbons (Fsp3) is 0.222. The van der Waals surface area contributed by atoms with E-state index in [2.05, 4.69) is 15.6 Å². The van der Waals surface area contributed by atoms with Crippen LogP contribution in [0.2, 0.25) is 0 Å². The standard InChI is InChI=1S/C18H16F3N3O2/c1-2-4-16-24-14-8-7-13(10-15(14)26-16)23-17(25)22-12-6-3-5-11(9-12)18(19,20)21/h3,5-10H,2,4H2,1H3,(H2,22,23,25). The maximum absolute atomic E-state index is 12.7.